The highest BCUT2D eigenvalue weighted by molar-refractivity contribution is 6.19. The Morgan fingerprint density at radius 3 is 1.15 bits per heavy atom. The van der Waals surface area contributed by atoms with Crippen molar-refractivity contribution >= 4 is 49.6 Å². The molecule has 0 saturated carbocycles. The standard InChI is InChI=1S/C64H44N2/c1-4-15-45(16-5-1)47-29-31-48(32-30-47)50-35-41-55(42-36-50)65(54-39-33-49(34-40-54)46-17-6-2-7-18-46)56-43-37-51(38-44-56)57-24-12-19-52-20-13-25-58(63(52)57)59-26-14-28-62-64(59)60-23-10-11-27-61(60)66(62)53-21-8-3-9-22-53/h1-44H. The highest BCUT2D eigenvalue weighted by Gasteiger charge is 2.19. The molecule has 0 aliphatic heterocycles. The zero-order valence-corrected chi connectivity index (χ0v) is 36.3. The fourth-order valence-corrected chi connectivity index (χ4v) is 9.86. The molecule has 0 aliphatic carbocycles. The van der Waals surface area contributed by atoms with E-state index in [9.17, 15) is 0 Å². The minimum Gasteiger partial charge on any atom is -0.311 e. The predicted molar refractivity (Wildman–Crippen MR) is 280 cm³/mol. The van der Waals surface area contributed by atoms with Crippen LogP contribution in [-0.4, -0.2) is 4.57 Å². The van der Waals surface area contributed by atoms with E-state index in [1.54, 1.807) is 0 Å². The van der Waals surface area contributed by atoms with Crippen molar-refractivity contribution in [1.29, 1.82) is 0 Å². The molecule has 66 heavy (non-hydrogen) atoms. The minimum atomic E-state index is 1.09. The lowest BCUT2D eigenvalue weighted by Crippen LogP contribution is -2.09. The highest BCUT2D eigenvalue weighted by Crippen LogP contribution is 2.44. The molecule has 1 heterocycles. The zero-order valence-electron chi connectivity index (χ0n) is 36.3. The van der Waals surface area contributed by atoms with Gasteiger partial charge in [-0.2, -0.15) is 0 Å². The van der Waals surface area contributed by atoms with Gasteiger partial charge in [0.2, 0.25) is 0 Å². The van der Waals surface area contributed by atoms with Crippen molar-refractivity contribution in [3.8, 4) is 61.3 Å². The lowest BCUT2D eigenvalue weighted by Gasteiger charge is -2.26. The van der Waals surface area contributed by atoms with Gasteiger partial charge in [0.15, 0.2) is 0 Å². The average molecular weight is 841 g/mol. The van der Waals surface area contributed by atoms with E-state index in [1.165, 1.54) is 88.2 Å². The molecule has 2 heteroatoms. The molecular formula is C64H44N2. The molecule has 2 nitrogen and oxygen atoms in total. The predicted octanol–water partition coefficient (Wildman–Crippen LogP) is 17.7. The summed E-state index contributed by atoms with van der Waals surface area (Å²) in [5.74, 6) is 0. The van der Waals surface area contributed by atoms with Crippen molar-refractivity contribution in [2.24, 2.45) is 0 Å². The summed E-state index contributed by atoms with van der Waals surface area (Å²) in [4.78, 5) is 2.36. The second-order valence-corrected chi connectivity index (χ2v) is 16.9. The van der Waals surface area contributed by atoms with Gasteiger partial charge in [0.1, 0.15) is 0 Å². The third-order valence-electron chi connectivity index (χ3n) is 13.0. The number of anilines is 3. The summed E-state index contributed by atoms with van der Waals surface area (Å²) in [6.45, 7) is 0. The first-order valence-corrected chi connectivity index (χ1v) is 22.7. The molecule has 0 radical (unpaired) electrons. The second-order valence-electron chi connectivity index (χ2n) is 16.9. The molecule has 12 rings (SSSR count). The zero-order chi connectivity index (χ0) is 43.8. The van der Waals surface area contributed by atoms with E-state index in [2.05, 4.69) is 276 Å². The fourth-order valence-electron chi connectivity index (χ4n) is 9.86. The van der Waals surface area contributed by atoms with E-state index >= 15 is 0 Å². The van der Waals surface area contributed by atoms with Gasteiger partial charge in [-0.25, -0.2) is 0 Å². The van der Waals surface area contributed by atoms with Gasteiger partial charge >= 0.3 is 0 Å². The molecule has 0 aliphatic rings. The van der Waals surface area contributed by atoms with E-state index in [0.29, 0.717) is 0 Å². The Labute approximate surface area is 385 Å². The van der Waals surface area contributed by atoms with Gasteiger partial charge in [-0.05, 0) is 127 Å². The van der Waals surface area contributed by atoms with Crippen LogP contribution < -0.4 is 4.90 Å². The van der Waals surface area contributed by atoms with E-state index in [-0.39, 0.29) is 0 Å². The highest BCUT2D eigenvalue weighted by atomic mass is 15.1. The number of aromatic nitrogens is 1. The smallest absolute Gasteiger partial charge is 0.0547 e. The van der Waals surface area contributed by atoms with Crippen molar-refractivity contribution in [2.45, 2.75) is 0 Å². The van der Waals surface area contributed by atoms with Gasteiger partial charge in [0.05, 0.1) is 11.0 Å². The van der Waals surface area contributed by atoms with Gasteiger partial charge in [-0.3, -0.25) is 0 Å². The van der Waals surface area contributed by atoms with Gasteiger partial charge in [0.25, 0.3) is 0 Å². The number of hydrogen-bond donors (Lipinski definition) is 0. The first-order valence-electron chi connectivity index (χ1n) is 22.7. The number of nitrogens with zero attached hydrogens (tertiary/aromatic N) is 2. The number of fused-ring (bicyclic) bond motifs is 4. The molecule has 0 unspecified atom stereocenters. The third-order valence-corrected chi connectivity index (χ3v) is 13.0. The number of para-hydroxylation sites is 2. The quantitative estimate of drug-likeness (QED) is 0.141. The van der Waals surface area contributed by atoms with E-state index in [0.717, 1.165) is 22.7 Å². The Kier molecular flexibility index (Phi) is 9.89. The van der Waals surface area contributed by atoms with Crippen LogP contribution >= 0.6 is 0 Å². The number of benzene rings is 11. The van der Waals surface area contributed by atoms with Crippen molar-refractivity contribution in [3.05, 3.63) is 267 Å². The topological polar surface area (TPSA) is 8.17 Å². The van der Waals surface area contributed by atoms with E-state index in [4.69, 9.17) is 0 Å². The van der Waals surface area contributed by atoms with Crippen LogP contribution in [0.1, 0.15) is 0 Å². The first-order chi connectivity index (χ1) is 32.7. The lowest BCUT2D eigenvalue weighted by atomic mass is 9.89. The molecule has 310 valence electrons. The summed E-state index contributed by atoms with van der Waals surface area (Å²) in [6.07, 6.45) is 0. The minimum absolute atomic E-state index is 1.09. The number of rotatable bonds is 9. The first kappa shape index (κ1) is 38.9. The van der Waals surface area contributed by atoms with Crippen LogP contribution in [0.5, 0.6) is 0 Å². The molecule has 1 aromatic heterocycles. The van der Waals surface area contributed by atoms with Crippen molar-refractivity contribution in [1.82, 2.24) is 4.57 Å². The second kappa shape index (κ2) is 16.8. The molecule has 0 spiro atoms. The Balaban J connectivity index is 0.945. The van der Waals surface area contributed by atoms with Crippen LogP contribution in [0.3, 0.4) is 0 Å². The molecule has 0 fully saturated rings. The molecule has 12 aromatic rings. The summed E-state index contributed by atoms with van der Waals surface area (Å²) < 4.78 is 2.40. The van der Waals surface area contributed by atoms with Crippen LogP contribution in [-0.2, 0) is 0 Å². The molecule has 0 amide bonds. The number of hydrogen-bond acceptors (Lipinski definition) is 1. The van der Waals surface area contributed by atoms with Gasteiger partial charge in [-0.15, -0.1) is 0 Å². The fraction of sp³-hybridized carbons (Fsp3) is 0. The van der Waals surface area contributed by atoms with Crippen molar-refractivity contribution in [3.63, 3.8) is 0 Å². The summed E-state index contributed by atoms with van der Waals surface area (Å²) >= 11 is 0. The normalized spacial score (nSPS) is 11.3. The molecular weight excluding hydrogens is 797 g/mol. The molecule has 0 atom stereocenters. The molecule has 0 N–H and O–H groups in total. The molecule has 0 saturated heterocycles. The largest absolute Gasteiger partial charge is 0.311 e. The Bertz CT molecular complexity index is 3620. The van der Waals surface area contributed by atoms with Crippen LogP contribution in [0.25, 0.3) is 93.9 Å². The SMILES string of the molecule is c1ccc(-c2ccc(-c3ccc(N(c4ccc(-c5ccccc5)cc4)c4ccc(-c5cccc6cccc(-c7cccc8c7c7ccccc7n8-c7ccccc7)c56)cc4)cc3)cc2)cc1. The van der Waals surface area contributed by atoms with Crippen LogP contribution in [0.4, 0.5) is 17.1 Å². The maximum atomic E-state index is 2.40. The Hall–Kier alpha value is -8.72. The Morgan fingerprint density at radius 1 is 0.242 bits per heavy atom. The maximum absolute atomic E-state index is 2.40. The summed E-state index contributed by atoms with van der Waals surface area (Å²) in [6, 6.07) is 96.7. The summed E-state index contributed by atoms with van der Waals surface area (Å²) in [5.41, 5.74) is 18.9. The molecule has 0 bridgehead atoms. The Morgan fingerprint density at radius 2 is 0.621 bits per heavy atom. The van der Waals surface area contributed by atoms with E-state index < -0.39 is 0 Å². The third kappa shape index (κ3) is 7.02. The summed E-state index contributed by atoms with van der Waals surface area (Å²) in [5, 5.41) is 4.97. The van der Waals surface area contributed by atoms with Crippen LogP contribution in [0, 0.1) is 0 Å². The van der Waals surface area contributed by atoms with E-state index in [1.807, 2.05) is 0 Å². The van der Waals surface area contributed by atoms with Gasteiger partial charge < -0.3 is 9.47 Å². The summed E-state index contributed by atoms with van der Waals surface area (Å²) in [7, 11) is 0. The molecule has 11 aromatic carbocycles. The van der Waals surface area contributed by atoms with Crippen LogP contribution in [0.15, 0.2) is 267 Å². The van der Waals surface area contributed by atoms with Crippen LogP contribution in [0.2, 0.25) is 0 Å². The van der Waals surface area contributed by atoms with Crippen molar-refractivity contribution < 1.29 is 0 Å². The van der Waals surface area contributed by atoms with Crippen molar-refractivity contribution in [2.75, 3.05) is 4.90 Å². The average Bonchev–Trinajstić information content (AvgIpc) is 3.75. The van der Waals surface area contributed by atoms with Gasteiger partial charge in [-0.1, -0.05) is 206 Å². The monoisotopic (exact) mass is 840 g/mol. The van der Waals surface area contributed by atoms with Gasteiger partial charge in [0, 0.05) is 33.5 Å². The lowest BCUT2D eigenvalue weighted by molar-refractivity contribution is 1.18. The maximum Gasteiger partial charge on any atom is 0.0547 e.